The van der Waals surface area contributed by atoms with Crippen LogP contribution in [0, 0.1) is 17.8 Å². The van der Waals surface area contributed by atoms with Gasteiger partial charge in [-0.05, 0) is 62.8 Å². The summed E-state index contributed by atoms with van der Waals surface area (Å²) in [7, 11) is 0. The van der Waals surface area contributed by atoms with E-state index >= 15 is 4.39 Å². The second-order valence-corrected chi connectivity index (χ2v) is 13.6. The Hall–Kier alpha value is -1.36. The molecule has 5 aliphatic heterocycles. The molecule has 0 aromatic carbocycles. The highest BCUT2D eigenvalue weighted by Gasteiger charge is 2.55. The molecule has 5 aliphatic rings. The first-order chi connectivity index (χ1) is 18.3. The van der Waals surface area contributed by atoms with Gasteiger partial charge in [0.2, 0.25) is 5.91 Å². The summed E-state index contributed by atoms with van der Waals surface area (Å²) in [5.74, 6) is 1.63. The lowest BCUT2D eigenvalue weighted by atomic mass is 9.76. The number of amides is 3. The summed E-state index contributed by atoms with van der Waals surface area (Å²) in [6.07, 6.45) is 5.99. The smallest absolute Gasteiger partial charge is 0.320 e. The van der Waals surface area contributed by atoms with Crippen LogP contribution >= 0.6 is 11.8 Å². The van der Waals surface area contributed by atoms with Crippen LogP contribution in [0.2, 0.25) is 0 Å². The zero-order valence-corrected chi connectivity index (χ0v) is 24.1. The van der Waals surface area contributed by atoms with Gasteiger partial charge in [0.15, 0.2) is 0 Å². The third kappa shape index (κ3) is 5.47. The van der Waals surface area contributed by atoms with Crippen molar-refractivity contribution in [1.29, 1.82) is 0 Å². The van der Waals surface area contributed by atoms with Crippen molar-refractivity contribution in [3.05, 3.63) is 12.7 Å². The number of hydrogen-bond acceptors (Lipinski definition) is 6. The topological polar surface area (TPSA) is 80.0 Å². The molecule has 5 rings (SSSR count). The van der Waals surface area contributed by atoms with Crippen molar-refractivity contribution >= 4 is 23.7 Å². The Morgan fingerprint density at radius 2 is 2.00 bits per heavy atom. The van der Waals surface area contributed by atoms with Gasteiger partial charge >= 0.3 is 6.03 Å². The molecule has 8 unspecified atom stereocenters. The first-order valence-electron chi connectivity index (χ1n) is 14.8. The number of halogens is 1. The highest BCUT2D eigenvalue weighted by atomic mass is 32.2. The van der Waals surface area contributed by atoms with E-state index in [2.05, 4.69) is 53.1 Å². The third-order valence-electron chi connectivity index (χ3n) is 9.60. The molecule has 0 aromatic heterocycles. The fourth-order valence-corrected chi connectivity index (χ4v) is 8.89. The summed E-state index contributed by atoms with van der Waals surface area (Å²) in [6, 6.07) is 0.296. The van der Waals surface area contributed by atoms with Gasteiger partial charge in [0, 0.05) is 37.6 Å². The minimum Gasteiger partial charge on any atom is -0.336 e. The molecule has 9 atom stereocenters. The molecule has 5 saturated heterocycles. The van der Waals surface area contributed by atoms with Crippen LogP contribution in [0.25, 0.3) is 0 Å². The van der Waals surface area contributed by atoms with Gasteiger partial charge in [0.1, 0.15) is 6.17 Å². The van der Waals surface area contributed by atoms with Crippen LogP contribution in [0.3, 0.4) is 0 Å². The van der Waals surface area contributed by atoms with E-state index in [0.29, 0.717) is 37.9 Å². The molecule has 3 N–H and O–H groups in total. The molecule has 0 aliphatic carbocycles. The number of piperidine rings is 2. The van der Waals surface area contributed by atoms with Crippen molar-refractivity contribution in [3.8, 4) is 0 Å². The molecule has 38 heavy (non-hydrogen) atoms. The molecular weight excluding hydrogens is 503 g/mol. The standard InChI is InChI=1S/C28H47FN6O2S/c1-5-22(36)33-12-13-34(18(4)16-33)25-20-15-21(29)27-31-26(20)35(28(37)32-25)24-19(9-7-6-8-14-38-27)10-11-30-23(24)17(2)3/h5,17-21,23-27,30-31H,1,6-16H2,2-4H3,(H,32,37)/t18-,19?,20?,21?,23?,24?,25?,26?,27?/m0/s1. The van der Waals surface area contributed by atoms with Gasteiger partial charge in [-0.15, -0.1) is 11.8 Å². The zero-order chi connectivity index (χ0) is 27.0. The predicted molar refractivity (Wildman–Crippen MR) is 150 cm³/mol. The summed E-state index contributed by atoms with van der Waals surface area (Å²) >= 11 is 1.69. The van der Waals surface area contributed by atoms with E-state index < -0.39 is 6.17 Å². The molecule has 214 valence electrons. The van der Waals surface area contributed by atoms with Gasteiger partial charge in [-0.2, -0.15) is 0 Å². The van der Waals surface area contributed by atoms with Crippen LogP contribution < -0.4 is 16.0 Å². The minimum absolute atomic E-state index is 0.0389. The monoisotopic (exact) mass is 550 g/mol. The highest BCUT2D eigenvalue weighted by Crippen LogP contribution is 2.41. The summed E-state index contributed by atoms with van der Waals surface area (Å²) < 4.78 is 15.8. The van der Waals surface area contributed by atoms with Crippen molar-refractivity contribution in [2.24, 2.45) is 17.8 Å². The number of thioether (sulfide) groups is 1. The Morgan fingerprint density at radius 1 is 1.18 bits per heavy atom. The Balaban J connectivity index is 1.47. The predicted octanol–water partition coefficient (Wildman–Crippen LogP) is 2.97. The van der Waals surface area contributed by atoms with Crippen LogP contribution in [0.5, 0.6) is 0 Å². The number of alkyl halides is 1. The number of piperazine rings is 1. The second kappa shape index (κ2) is 12.0. The van der Waals surface area contributed by atoms with Gasteiger partial charge in [-0.1, -0.05) is 33.3 Å². The summed E-state index contributed by atoms with van der Waals surface area (Å²) in [5.41, 5.74) is 0. The Labute approximate surface area is 231 Å². The molecule has 5 heterocycles. The summed E-state index contributed by atoms with van der Waals surface area (Å²) in [5, 5.41) is 10.5. The number of carbonyl (C=O) groups is 2. The molecular formula is C28H47FN6O2S. The van der Waals surface area contributed by atoms with Gasteiger partial charge in [0.05, 0.1) is 23.7 Å². The van der Waals surface area contributed by atoms with E-state index in [4.69, 9.17) is 0 Å². The number of hydrogen-bond donors (Lipinski definition) is 3. The van der Waals surface area contributed by atoms with Gasteiger partial charge in [0.25, 0.3) is 0 Å². The van der Waals surface area contributed by atoms with E-state index in [1.54, 1.807) is 11.8 Å². The number of nitrogens with zero attached hydrogens (tertiary/aromatic N) is 3. The number of urea groups is 1. The van der Waals surface area contributed by atoms with Crippen molar-refractivity contribution in [3.63, 3.8) is 0 Å². The Morgan fingerprint density at radius 3 is 2.74 bits per heavy atom. The van der Waals surface area contributed by atoms with E-state index in [-0.39, 0.29) is 53.7 Å². The van der Waals surface area contributed by atoms with Crippen molar-refractivity contribution < 1.29 is 14.0 Å². The summed E-state index contributed by atoms with van der Waals surface area (Å²) in [4.78, 5) is 32.6. The fraction of sp³-hybridized carbons (Fsp3) is 0.857. The third-order valence-corrected chi connectivity index (χ3v) is 10.9. The van der Waals surface area contributed by atoms with Gasteiger partial charge in [-0.25, -0.2) is 9.18 Å². The fourth-order valence-electron chi connectivity index (χ4n) is 7.71. The van der Waals surface area contributed by atoms with E-state index in [1.165, 1.54) is 12.5 Å². The molecule has 3 amide bonds. The molecule has 0 aromatic rings. The van der Waals surface area contributed by atoms with E-state index in [9.17, 15) is 9.59 Å². The number of carbonyl (C=O) groups excluding carboxylic acids is 2. The molecule has 0 saturated carbocycles. The lowest BCUT2D eigenvalue weighted by molar-refractivity contribution is -0.131. The lowest BCUT2D eigenvalue weighted by Gasteiger charge is -2.59. The Kier molecular flexibility index (Phi) is 8.92. The van der Waals surface area contributed by atoms with Crippen molar-refractivity contribution in [2.45, 2.75) is 101 Å². The molecule has 2 bridgehead atoms. The van der Waals surface area contributed by atoms with Crippen LogP contribution in [-0.4, -0.2) is 101 Å². The van der Waals surface area contributed by atoms with Crippen LogP contribution in [0.15, 0.2) is 12.7 Å². The second-order valence-electron chi connectivity index (χ2n) is 12.3. The zero-order valence-electron chi connectivity index (χ0n) is 23.3. The van der Waals surface area contributed by atoms with Crippen molar-refractivity contribution in [2.75, 3.05) is 31.9 Å². The van der Waals surface area contributed by atoms with Gasteiger partial charge in [-0.3, -0.25) is 15.0 Å². The molecule has 0 radical (unpaired) electrons. The normalized spacial score (nSPS) is 41.0. The first-order valence-corrected chi connectivity index (χ1v) is 15.9. The molecule has 5 fully saturated rings. The first kappa shape index (κ1) is 28.2. The maximum Gasteiger partial charge on any atom is 0.320 e. The Bertz CT molecular complexity index is 878. The van der Waals surface area contributed by atoms with Crippen LogP contribution in [-0.2, 0) is 4.79 Å². The molecule has 10 heteroatoms. The number of fused-ring (bicyclic) bond motifs is 3. The highest BCUT2D eigenvalue weighted by molar-refractivity contribution is 7.99. The SMILES string of the molecule is C=CC(=O)N1CCN(C2NC(=O)N3C4NC(SCCCCCC5CCNC(C(C)C)C53)C(F)CC42)[C@@H](C)C1. The lowest BCUT2D eigenvalue weighted by Crippen LogP contribution is -2.79. The number of rotatable bonds is 3. The summed E-state index contributed by atoms with van der Waals surface area (Å²) in [6.45, 7) is 13.0. The largest absolute Gasteiger partial charge is 0.336 e. The van der Waals surface area contributed by atoms with E-state index in [1.807, 2.05) is 4.90 Å². The van der Waals surface area contributed by atoms with Gasteiger partial charge < -0.3 is 20.4 Å². The van der Waals surface area contributed by atoms with Crippen LogP contribution in [0.4, 0.5) is 9.18 Å². The minimum atomic E-state index is -0.969. The average molecular weight is 551 g/mol. The molecule has 8 nitrogen and oxygen atoms in total. The van der Waals surface area contributed by atoms with Crippen LogP contribution in [0.1, 0.15) is 59.3 Å². The quantitative estimate of drug-likeness (QED) is 0.469. The maximum absolute atomic E-state index is 15.8. The van der Waals surface area contributed by atoms with E-state index in [0.717, 1.165) is 38.0 Å². The van der Waals surface area contributed by atoms with Crippen molar-refractivity contribution in [1.82, 2.24) is 30.7 Å². The maximum atomic E-state index is 15.8. The average Bonchev–Trinajstić information content (AvgIpc) is 2.89. The molecule has 0 spiro atoms. The number of nitrogens with one attached hydrogen (secondary N) is 3.